The third-order valence-corrected chi connectivity index (χ3v) is 5.81. The Morgan fingerprint density at radius 3 is 3.07 bits per heavy atom. The fraction of sp³-hybridized carbons (Fsp3) is 0.389. The SMILES string of the molecule is COc1nn(C)cc1C(=O)N(C[C@@H]1CCCO1)c1nc2c(Cl)cccc2s1. The molecule has 0 unspecified atom stereocenters. The van der Waals surface area contributed by atoms with E-state index in [1.54, 1.807) is 28.9 Å². The van der Waals surface area contributed by atoms with E-state index in [0.29, 0.717) is 40.3 Å². The summed E-state index contributed by atoms with van der Waals surface area (Å²) in [6.07, 6.45) is 3.55. The Hall–Kier alpha value is -2.16. The zero-order valence-corrected chi connectivity index (χ0v) is 16.6. The number of amides is 1. The third-order valence-electron chi connectivity index (χ3n) is 4.46. The van der Waals surface area contributed by atoms with Crippen LogP contribution in [0.2, 0.25) is 5.02 Å². The van der Waals surface area contributed by atoms with Crippen molar-refractivity contribution in [3.8, 4) is 5.88 Å². The van der Waals surface area contributed by atoms with Gasteiger partial charge in [0.15, 0.2) is 5.13 Å². The maximum absolute atomic E-state index is 13.4. The van der Waals surface area contributed by atoms with E-state index in [-0.39, 0.29) is 12.0 Å². The largest absolute Gasteiger partial charge is 0.479 e. The number of halogens is 1. The predicted octanol–water partition coefficient (Wildman–Crippen LogP) is 3.52. The second-order valence-electron chi connectivity index (χ2n) is 6.36. The average molecular weight is 407 g/mol. The molecule has 1 fully saturated rings. The van der Waals surface area contributed by atoms with E-state index in [9.17, 15) is 4.79 Å². The first-order valence-corrected chi connectivity index (χ1v) is 9.82. The Kier molecular flexibility index (Phi) is 5.03. The zero-order chi connectivity index (χ0) is 19.0. The fourth-order valence-corrected chi connectivity index (χ4v) is 4.44. The number of carbonyl (C=O) groups excluding carboxylic acids is 1. The van der Waals surface area contributed by atoms with Crippen LogP contribution in [0.15, 0.2) is 24.4 Å². The van der Waals surface area contributed by atoms with Gasteiger partial charge in [0.2, 0.25) is 5.88 Å². The number of nitrogens with zero attached hydrogens (tertiary/aromatic N) is 4. The van der Waals surface area contributed by atoms with Crippen molar-refractivity contribution < 1.29 is 14.3 Å². The number of rotatable bonds is 5. The lowest BCUT2D eigenvalue weighted by atomic mass is 10.2. The number of benzene rings is 1. The van der Waals surface area contributed by atoms with E-state index in [1.807, 2.05) is 12.1 Å². The predicted molar refractivity (Wildman–Crippen MR) is 105 cm³/mol. The van der Waals surface area contributed by atoms with Crippen molar-refractivity contribution in [1.82, 2.24) is 14.8 Å². The molecule has 0 saturated carbocycles. The Morgan fingerprint density at radius 1 is 1.52 bits per heavy atom. The molecule has 0 aliphatic carbocycles. The van der Waals surface area contributed by atoms with E-state index in [1.165, 1.54) is 18.4 Å². The Balaban J connectivity index is 1.75. The summed E-state index contributed by atoms with van der Waals surface area (Å²) in [6.45, 7) is 1.14. The normalized spacial score (nSPS) is 16.8. The van der Waals surface area contributed by atoms with E-state index in [4.69, 9.17) is 21.1 Å². The number of para-hydroxylation sites is 1. The minimum absolute atomic E-state index is 0.0147. The van der Waals surface area contributed by atoms with E-state index >= 15 is 0 Å². The molecule has 0 bridgehead atoms. The molecule has 1 atom stereocenters. The van der Waals surface area contributed by atoms with Gasteiger partial charge in [0.05, 0.1) is 29.5 Å². The molecule has 1 aliphatic heterocycles. The summed E-state index contributed by atoms with van der Waals surface area (Å²) in [5.41, 5.74) is 1.09. The molecule has 2 aromatic heterocycles. The van der Waals surface area contributed by atoms with Crippen molar-refractivity contribution in [2.45, 2.75) is 18.9 Å². The van der Waals surface area contributed by atoms with Crippen LogP contribution in [0.4, 0.5) is 5.13 Å². The topological polar surface area (TPSA) is 69.5 Å². The van der Waals surface area contributed by atoms with Gasteiger partial charge >= 0.3 is 0 Å². The van der Waals surface area contributed by atoms with Gasteiger partial charge in [-0.25, -0.2) is 4.98 Å². The van der Waals surface area contributed by atoms with Gasteiger partial charge < -0.3 is 9.47 Å². The standard InChI is InChI=1S/C18H19ClN4O3S/c1-22-10-12(16(21-22)25-2)17(24)23(9-11-5-4-8-26-11)18-20-15-13(19)6-3-7-14(15)27-18/h3,6-7,10-11H,4-5,8-9H2,1-2H3/t11-/m0/s1. The molecule has 3 aromatic rings. The molecular weight excluding hydrogens is 388 g/mol. The van der Waals surface area contributed by atoms with Gasteiger partial charge in [-0.2, -0.15) is 0 Å². The van der Waals surface area contributed by atoms with Gasteiger partial charge in [-0.05, 0) is 25.0 Å². The molecule has 0 N–H and O–H groups in total. The minimum atomic E-state index is -0.217. The number of fused-ring (bicyclic) bond motifs is 1. The summed E-state index contributed by atoms with van der Waals surface area (Å²) in [7, 11) is 3.25. The van der Waals surface area contributed by atoms with Crippen LogP contribution in [-0.4, -0.2) is 47.0 Å². The van der Waals surface area contributed by atoms with Crippen molar-refractivity contribution in [2.75, 3.05) is 25.2 Å². The summed E-state index contributed by atoms with van der Waals surface area (Å²) < 4.78 is 13.5. The van der Waals surface area contributed by atoms with E-state index in [0.717, 1.165) is 17.5 Å². The molecule has 0 spiro atoms. The molecule has 9 heteroatoms. The highest BCUT2D eigenvalue weighted by Gasteiger charge is 2.30. The summed E-state index contributed by atoms with van der Waals surface area (Å²) in [5.74, 6) is 0.0737. The second-order valence-corrected chi connectivity index (χ2v) is 7.78. The summed E-state index contributed by atoms with van der Waals surface area (Å²) in [6, 6.07) is 5.62. The van der Waals surface area contributed by atoms with Crippen molar-refractivity contribution >= 4 is 44.2 Å². The number of aryl methyl sites for hydroxylation is 1. The molecule has 142 valence electrons. The first-order valence-electron chi connectivity index (χ1n) is 8.63. The van der Waals surface area contributed by atoms with Crippen molar-refractivity contribution in [3.05, 3.63) is 35.0 Å². The van der Waals surface area contributed by atoms with Crippen molar-refractivity contribution in [1.29, 1.82) is 0 Å². The number of hydrogen-bond acceptors (Lipinski definition) is 6. The smallest absolute Gasteiger partial charge is 0.267 e. The molecule has 7 nitrogen and oxygen atoms in total. The molecule has 4 rings (SSSR count). The van der Waals surface area contributed by atoms with Crippen LogP contribution < -0.4 is 9.64 Å². The number of carbonyl (C=O) groups is 1. The Morgan fingerprint density at radius 2 is 2.37 bits per heavy atom. The van der Waals surface area contributed by atoms with Crippen LogP contribution >= 0.6 is 22.9 Å². The highest BCUT2D eigenvalue weighted by molar-refractivity contribution is 7.22. The molecule has 1 amide bonds. The quantitative estimate of drug-likeness (QED) is 0.648. The van der Waals surface area contributed by atoms with Gasteiger partial charge in [0.25, 0.3) is 5.91 Å². The Labute approximate surface area is 165 Å². The Bertz CT molecular complexity index is 980. The highest BCUT2D eigenvalue weighted by Crippen LogP contribution is 2.34. The van der Waals surface area contributed by atoms with Crippen LogP contribution in [0.5, 0.6) is 5.88 Å². The van der Waals surface area contributed by atoms with Crippen LogP contribution in [0.1, 0.15) is 23.2 Å². The maximum Gasteiger partial charge on any atom is 0.267 e. The summed E-state index contributed by atoms with van der Waals surface area (Å²) >= 11 is 7.71. The van der Waals surface area contributed by atoms with Gasteiger partial charge in [-0.3, -0.25) is 14.4 Å². The van der Waals surface area contributed by atoms with Gasteiger partial charge in [0.1, 0.15) is 11.1 Å². The molecular formula is C18H19ClN4O3S. The summed E-state index contributed by atoms with van der Waals surface area (Å²) in [4.78, 5) is 19.6. The maximum atomic E-state index is 13.4. The number of thiazole rings is 1. The third kappa shape index (κ3) is 3.52. The molecule has 1 aromatic carbocycles. The molecule has 1 saturated heterocycles. The monoisotopic (exact) mass is 406 g/mol. The van der Waals surface area contributed by atoms with Crippen LogP contribution in [-0.2, 0) is 11.8 Å². The molecule has 1 aliphatic rings. The lowest BCUT2D eigenvalue weighted by Gasteiger charge is -2.22. The first kappa shape index (κ1) is 18.2. The molecule has 27 heavy (non-hydrogen) atoms. The van der Waals surface area contributed by atoms with Gasteiger partial charge in [0, 0.05) is 19.9 Å². The van der Waals surface area contributed by atoms with Gasteiger partial charge in [-0.15, -0.1) is 5.10 Å². The number of aromatic nitrogens is 3. The molecule has 3 heterocycles. The first-order chi connectivity index (χ1) is 13.1. The van der Waals surface area contributed by atoms with Crippen LogP contribution in [0.25, 0.3) is 10.2 Å². The number of methoxy groups -OCH3 is 1. The molecule has 0 radical (unpaired) electrons. The van der Waals surface area contributed by atoms with E-state index in [2.05, 4.69) is 10.1 Å². The van der Waals surface area contributed by atoms with Crippen LogP contribution in [0, 0.1) is 0 Å². The average Bonchev–Trinajstić information content (AvgIpc) is 3.38. The van der Waals surface area contributed by atoms with E-state index < -0.39 is 0 Å². The van der Waals surface area contributed by atoms with Gasteiger partial charge in [-0.1, -0.05) is 29.0 Å². The second kappa shape index (κ2) is 7.46. The lowest BCUT2D eigenvalue weighted by molar-refractivity contribution is 0.0915. The fourth-order valence-electron chi connectivity index (χ4n) is 3.17. The number of anilines is 1. The highest BCUT2D eigenvalue weighted by atomic mass is 35.5. The minimum Gasteiger partial charge on any atom is -0.479 e. The number of ether oxygens (including phenoxy) is 2. The zero-order valence-electron chi connectivity index (χ0n) is 15.0. The number of hydrogen-bond donors (Lipinski definition) is 0. The van der Waals surface area contributed by atoms with Crippen molar-refractivity contribution in [3.63, 3.8) is 0 Å². The summed E-state index contributed by atoms with van der Waals surface area (Å²) in [5, 5.41) is 5.35. The van der Waals surface area contributed by atoms with Crippen molar-refractivity contribution in [2.24, 2.45) is 7.05 Å². The lowest BCUT2D eigenvalue weighted by Crippen LogP contribution is -2.37. The van der Waals surface area contributed by atoms with Crippen LogP contribution in [0.3, 0.4) is 0 Å².